The van der Waals surface area contributed by atoms with Crippen molar-refractivity contribution in [2.24, 2.45) is 0 Å². The third-order valence-corrected chi connectivity index (χ3v) is 3.96. The second-order valence-corrected chi connectivity index (χ2v) is 6.67. The van der Waals surface area contributed by atoms with Crippen LogP contribution in [0.3, 0.4) is 0 Å². The zero-order valence-corrected chi connectivity index (χ0v) is 14.3. The zero-order valence-electron chi connectivity index (χ0n) is 14.3. The average Bonchev–Trinajstić information content (AvgIpc) is 2.73. The van der Waals surface area contributed by atoms with E-state index in [0.29, 0.717) is 12.3 Å². The first-order valence-corrected chi connectivity index (χ1v) is 7.73. The number of aromatic nitrogens is 1. The van der Waals surface area contributed by atoms with Crippen molar-refractivity contribution in [3.63, 3.8) is 0 Å². The van der Waals surface area contributed by atoms with E-state index < -0.39 is 0 Å². The normalized spacial score (nSPS) is 11.5. The summed E-state index contributed by atoms with van der Waals surface area (Å²) in [5, 5.41) is 0. The van der Waals surface area contributed by atoms with Crippen molar-refractivity contribution in [2.75, 3.05) is 6.61 Å². The van der Waals surface area contributed by atoms with Crippen molar-refractivity contribution in [1.82, 2.24) is 4.98 Å². The Kier molecular flexibility index (Phi) is 4.45. The maximum absolute atomic E-state index is 12.0. The van der Waals surface area contributed by atoms with Gasteiger partial charge in [-0.2, -0.15) is 0 Å². The van der Waals surface area contributed by atoms with E-state index >= 15 is 0 Å². The number of aromatic amines is 1. The molecule has 3 heteroatoms. The Hall–Kier alpha value is -2.03. The number of hydrogen-bond acceptors (Lipinski definition) is 2. The van der Waals surface area contributed by atoms with Crippen molar-refractivity contribution in [3.8, 4) is 11.1 Å². The highest BCUT2D eigenvalue weighted by atomic mass is 16.5. The Balaban J connectivity index is 2.43. The van der Waals surface area contributed by atoms with Crippen molar-refractivity contribution >= 4 is 5.97 Å². The highest BCUT2D eigenvalue weighted by Gasteiger charge is 2.20. The second-order valence-electron chi connectivity index (χ2n) is 6.67. The minimum absolute atomic E-state index is 0.136. The molecule has 1 aromatic carbocycles. The van der Waals surface area contributed by atoms with Gasteiger partial charge in [0.2, 0.25) is 0 Å². The predicted octanol–water partition coefficient (Wildman–Crippen LogP) is 4.77. The summed E-state index contributed by atoms with van der Waals surface area (Å²) in [4.78, 5) is 15.2. The summed E-state index contributed by atoms with van der Waals surface area (Å²) in [5.41, 5.74) is 6.13. The van der Waals surface area contributed by atoms with Crippen LogP contribution < -0.4 is 0 Å². The van der Waals surface area contributed by atoms with Crippen molar-refractivity contribution in [3.05, 3.63) is 46.8 Å². The molecule has 0 aliphatic heterocycles. The smallest absolute Gasteiger partial charge is 0.355 e. The van der Waals surface area contributed by atoms with Crippen LogP contribution in [0.1, 0.15) is 55.0 Å². The summed E-state index contributed by atoms with van der Waals surface area (Å²) < 4.78 is 5.11. The number of hydrogen-bond donors (Lipinski definition) is 1. The molecular formula is C19H25NO2. The fourth-order valence-electron chi connectivity index (χ4n) is 2.73. The number of benzene rings is 1. The van der Waals surface area contributed by atoms with Gasteiger partial charge in [-0.15, -0.1) is 0 Å². The third-order valence-electron chi connectivity index (χ3n) is 3.96. The topological polar surface area (TPSA) is 42.1 Å². The van der Waals surface area contributed by atoms with Crippen LogP contribution in [0.5, 0.6) is 0 Å². The molecule has 1 aromatic heterocycles. The molecular weight excluding hydrogens is 274 g/mol. The van der Waals surface area contributed by atoms with E-state index in [2.05, 4.69) is 50.0 Å². The van der Waals surface area contributed by atoms with E-state index in [-0.39, 0.29) is 11.4 Å². The van der Waals surface area contributed by atoms with Gasteiger partial charge in [-0.05, 0) is 42.9 Å². The van der Waals surface area contributed by atoms with Gasteiger partial charge in [0.05, 0.1) is 6.61 Å². The van der Waals surface area contributed by atoms with Crippen LogP contribution in [0.25, 0.3) is 11.1 Å². The first-order valence-electron chi connectivity index (χ1n) is 7.73. The maximum atomic E-state index is 12.0. The summed E-state index contributed by atoms with van der Waals surface area (Å²) in [5.74, 6) is -0.291. The fourth-order valence-corrected chi connectivity index (χ4v) is 2.73. The molecule has 0 amide bonds. The van der Waals surface area contributed by atoms with E-state index in [1.807, 2.05) is 20.8 Å². The summed E-state index contributed by atoms with van der Waals surface area (Å²) >= 11 is 0. The second kappa shape index (κ2) is 5.99. The van der Waals surface area contributed by atoms with Crippen LogP contribution in [0.2, 0.25) is 0 Å². The molecule has 2 rings (SSSR count). The van der Waals surface area contributed by atoms with E-state index in [1.165, 1.54) is 5.56 Å². The molecule has 1 N–H and O–H groups in total. The lowest BCUT2D eigenvalue weighted by Crippen LogP contribution is -2.10. The van der Waals surface area contributed by atoms with E-state index in [0.717, 1.165) is 22.4 Å². The molecule has 0 aliphatic rings. The van der Waals surface area contributed by atoms with Crippen LogP contribution in [0.4, 0.5) is 0 Å². The van der Waals surface area contributed by atoms with E-state index in [9.17, 15) is 4.79 Å². The molecule has 0 atom stereocenters. The maximum Gasteiger partial charge on any atom is 0.355 e. The molecule has 3 nitrogen and oxygen atoms in total. The summed E-state index contributed by atoms with van der Waals surface area (Å²) in [6, 6.07) is 8.56. The molecule has 118 valence electrons. The molecule has 0 saturated carbocycles. The number of carbonyl (C=O) groups excluding carboxylic acids is 1. The van der Waals surface area contributed by atoms with Crippen molar-refractivity contribution in [1.29, 1.82) is 0 Å². The van der Waals surface area contributed by atoms with E-state index in [1.54, 1.807) is 0 Å². The predicted molar refractivity (Wildman–Crippen MR) is 90.4 cm³/mol. The lowest BCUT2D eigenvalue weighted by atomic mass is 9.86. The Labute approximate surface area is 132 Å². The van der Waals surface area contributed by atoms with Crippen LogP contribution in [-0.4, -0.2) is 17.6 Å². The van der Waals surface area contributed by atoms with Gasteiger partial charge >= 0.3 is 5.97 Å². The standard InChI is InChI=1S/C19H25NO2/c1-7-22-18(21)17-12(2)16(13(3)20-17)14-8-10-15(11-9-14)19(4,5)6/h8-11,20H,7H2,1-6H3. The Morgan fingerprint density at radius 1 is 1.14 bits per heavy atom. The number of carbonyl (C=O) groups is 1. The highest BCUT2D eigenvalue weighted by Crippen LogP contribution is 2.32. The number of H-pyrrole nitrogens is 1. The lowest BCUT2D eigenvalue weighted by molar-refractivity contribution is 0.0519. The minimum Gasteiger partial charge on any atom is -0.461 e. The molecule has 2 aromatic rings. The molecule has 22 heavy (non-hydrogen) atoms. The van der Waals surface area contributed by atoms with Gasteiger partial charge in [0.15, 0.2) is 0 Å². The molecule has 0 aliphatic carbocycles. The number of rotatable bonds is 3. The first kappa shape index (κ1) is 16.3. The zero-order chi connectivity index (χ0) is 16.5. The fraction of sp³-hybridized carbons (Fsp3) is 0.421. The number of esters is 1. The molecule has 1 heterocycles. The monoisotopic (exact) mass is 299 g/mol. The van der Waals surface area contributed by atoms with Crippen LogP contribution in [0, 0.1) is 13.8 Å². The highest BCUT2D eigenvalue weighted by molar-refractivity contribution is 5.92. The number of nitrogens with one attached hydrogen (secondary N) is 1. The molecule has 0 unspecified atom stereocenters. The molecule has 0 radical (unpaired) electrons. The van der Waals surface area contributed by atoms with Gasteiger partial charge in [0.1, 0.15) is 5.69 Å². The van der Waals surface area contributed by atoms with Gasteiger partial charge in [0.25, 0.3) is 0 Å². The van der Waals surface area contributed by atoms with Crippen LogP contribution in [-0.2, 0) is 10.2 Å². The van der Waals surface area contributed by atoms with Gasteiger partial charge in [-0.1, -0.05) is 45.0 Å². The third kappa shape index (κ3) is 3.08. The van der Waals surface area contributed by atoms with Gasteiger partial charge in [-0.3, -0.25) is 0 Å². The Bertz CT molecular complexity index is 673. The van der Waals surface area contributed by atoms with E-state index in [4.69, 9.17) is 4.74 Å². The van der Waals surface area contributed by atoms with Gasteiger partial charge in [-0.25, -0.2) is 4.79 Å². The van der Waals surface area contributed by atoms with Gasteiger partial charge < -0.3 is 9.72 Å². The Morgan fingerprint density at radius 3 is 2.23 bits per heavy atom. The lowest BCUT2D eigenvalue weighted by Gasteiger charge is -2.19. The Morgan fingerprint density at radius 2 is 1.73 bits per heavy atom. The van der Waals surface area contributed by atoms with Crippen molar-refractivity contribution in [2.45, 2.75) is 47.0 Å². The van der Waals surface area contributed by atoms with Crippen LogP contribution >= 0.6 is 0 Å². The molecule has 0 saturated heterocycles. The van der Waals surface area contributed by atoms with Crippen LogP contribution in [0.15, 0.2) is 24.3 Å². The van der Waals surface area contributed by atoms with Gasteiger partial charge in [0, 0.05) is 11.3 Å². The summed E-state index contributed by atoms with van der Waals surface area (Å²) in [7, 11) is 0. The first-order chi connectivity index (χ1) is 10.3. The number of aryl methyl sites for hydroxylation is 1. The average molecular weight is 299 g/mol. The molecule has 0 fully saturated rings. The van der Waals surface area contributed by atoms with Crippen molar-refractivity contribution < 1.29 is 9.53 Å². The largest absolute Gasteiger partial charge is 0.461 e. The molecule has 0 spiro atoms. The summed E-state index contributed by atoms with van der Waals surface area (Å²) in [6.45, 7) is 12.8. The number of ether oxygens (including phenoxy) is 1. The minimum atomic E-state index is -0.291. The SMILES string of the molecule is CCOC(=O)c1[nH]c(C)c(-c2ccc(C(C)(C)C)cc2)c1C. The summed E-state index contributed by atoms with van der Waals surface area (Å²) in [6.07, 6.45) is 0. The quantitative estimate of drug-likeness (QED) is 0.829. The molecule has 0 bridgehead atoms.